The van der Waals surface area contributed by atoms with E-state index in [9.17, 15) is 0 Å². The van der Waals surface area contributed by atoms with Gasteiger partial charge < -0.3 is 4.74 Å². The Morgan fingerprint density at radius 3 is 2.65 bits per heavy atom. The molecule has 1 saturated heterocycles. The van der Waals surface area contributed by atoms with Crippen LogP contribution in [-0.4, -0.2) is 45.7 Å². The fraction of sp³-hybridized carbons (Fsp3) is 0.350. The third-order valence-electron chi connectivity index (χ3n) is 4.95. The van der Waals surface area contributed by atoms with E-state index in [-0.39, 0.29) is 0 Å². The number of hydrogen-bond acceptors (Lipinski definition) is 5. The van der Waals surface area contributed by atoms with Gasteiger partial charge in [0.05, 0.1) is 11.6 Å². The number of piperidine rings is 1. The molecule has 0 unspecified atom stereocenters. The van der Waals surface area contributed by atoms with Crippen LogP contribution in [0.5, 0.6) is 5.75 Å². The van der Waals surface area contributed by atoms with Crippen molar-refractivity contribution >= 4 is 5.65 Å². The molecule has 6 nitrogen and oxygen atoms in total. The Kier molecular flexibility index (Phi) is 4.80. The summed E-state index contributed by atoms with van der Waals surface area (Å²) in [6.07, 6.45) is 4.22. The molecule has 3 heterocycles. The first-order valence-corrected chi connectivity index (χ1v) is 8.98. The molecule has 0 amide bonds. The number of nitriles is 1. The molecule has 0 aliphatic carbocycles. The van der Waals surface area contributed by atoms with Gasteiger partial charge in [0.1, 0.15) is 18.2 Å². The van der Waals surface area contributed by atoms with Gasteiger partial charge in [0.2, 0.25) is 0 Å². The van der Waals surface area contributed by atoms with Crippen molar-refractivity contribution in [1.29, 1.82) is 5.26 Å². The Morgan fingerprint density at radius 1 is 1.08 bits per heavy atom. The average molecular weight is 347 g/mol. The highest BCUT2D eigenvalue weighted by Crippen LogP contribution is 2.26. The summed E-state index contributed by atoms with van der Waals surface area (Å²) in [6.45, 7) is 3.66. The van der Waals surface area contributed by atoms with Crippen LogP contribution in [-0.2, 0) is 0 Å². The molecule has 0 atom stereocenters. The molecule has 1 aliphatic heterocycles. The van der Waals surface area contributed by atoms with Gasteiger partial charge in [-0.15, -0.1) is 10.2 Å². The fourth-order valence-electron chi connectivity index (χ4n) is 3.47. The van der Waals surface area contributed by atoms with Gasteiger partial charge in [0, 0.05) is 18.7 Å². The molecule has 132 valence electrons. The Labute approximate surface area is 152 Å². The maximum absolute atomic E-state index is 8.82. The second-order valence-corrected chi connectivity index (χ2v) is 6.59. The van der Waals surface area contributed by atoms with Gasteiger partial charge in [0.25, 0.3) is 0 Å². The van der Waals surface area contributed by atoms with Crippen LogP contribution in [0.2, 0.25) is 0 Å². The standard InChI is InChI=1S/C20H21N5O/c21-15-16-4-6-18(7-5-16)26-14-13-24-11-8-17(9-12-24)20-23-22-19-3-1-2-10-25(19)20/h1-7,10,17H,8-9,11-14H2. The first-order valence-electron chi connectivity index (χ1n) is 8.98. The molecule has 1 aromatic carbocycles. The van der Waals surface area contributed by atoms with E-state index in [0.717, 1.165) is 49.7 Å². The van der Waals surface area contributed by atoms with Crippen LogP contribution in [0.3, 0.4) is 0 Å². The number of benzene rings is 1. The van der Waals surface area contributed by atoms with Crippen LogP contribution in [0.1, 0.15) is 30.1 Å². The van der Waals surface area contributed by atoms with E-state index in [1.54, 1.807) is 12.1 Å². The van der Waals surface area contributed by atoms with E-state index in [2.05, 4.69) is 25.6 Å². The molecule has 0 spiro atoms. The molecule has 0 N–H and O–H groups in total. The monoisotopic (exact) mass is 347 g/mol. The number of nitrogens with zero attached hydrogens (tertiary/aromatic N) is 5. The lowest BCUT2D eigenvalue weighted by Gasteiger charge is -2.31. The Balaban J connectivity index is 1.26. The summed E-state index contributed by atoms with van der Waals surface area (Å²) in [5, 5.41) is 17.5. The minimum Gasteiger partial charge on any atom is -0.492 e. The lowest BCUT2D eigenvalue weighted by molar-refractivity contribution is 0.171. The predicted octanol–water partition coefficient (Wildman–Crippen LogP) is 2.86. The molecule has 6 heteroatoms. The lowest BCUT2D eigenvalue weighted by Crippen LogP contribution is -2.36. The molecule has 1 fully saturated rings. The van der Waals surface area contributed by atoms with Gasteiger partial charge in [-0.2, -0.15) is 5.26 Å². The van der Waals surface area contributed by atoms with E-state index in [4.69, 9.17) is 10.00 Å². The van der Waals surface area contributed by atoms with Crippen molar-refractivity contribution in [2.75, 3.05) is 26.2 Å². The summed E-state index contributed by atoms with van der Waals surface area (Å²) >= 11 is 0. The predicted molar refractivity (Wildman–Crippen MR) is 98.1 cm³/mol. The number of rotatable bonds is 5. The number of aromatic nitrogens is 3. The molecule has 0 radical (unpaired) electrons. The van der Waals surface area contributed by atoms with E-state index in [1.807, 2.05) is 36.5 Å². The van der Waals surface area contributed by atoms with E-state index in [1.165, 1.54) is 0 Å². The summed E-state index contributed by atoms with van der Waals surface area (Å²) < 4.78 is 7.89. The normalized spacial score (nSPS) is 15.8. The molecule has 0 saturated carbocycles. The van der Waals surface area contributed by atoms with Gasteiger partial charge in [-0.1, -0.05) is 6.07 Å². The van der Waals surface area contributed by atoms with Crippen molar-refractivity contribution in [2.45, 2.75) is 18.8 Å². The van der Waals surface area contributed by atoms with Gasteiger partial charge in [-0.05, 0) is 62.3 Å². The fourth-order valence-corrected chi connectivity index (χ4v) is 3.47. The Morgan fingerprint density at radius 2 is 1.88 bits per heavy atom. The van der Waals surface area contributed by atoms with Crippen LogP contribution in [0, 0.1) is 11.3 Å². The van der Waals surface area contributed by atoms with Crippen LogP contribution in [0.4, 0.5) is 0 Å². The van der Waals surface area contributed by atoms with Gasteiger partial charge in [-0.3, -0.25) is 9.30 Å². The largest absolute Gasteiger partial charge is 0.492 e. The van der Waals surface area contributed by atoms with Gasteiger partial charge in [-0.25, -0.2) is 0 Å². The zero-order valence-electron chi connectivity index (χ0n) is 14.6. The summed E-state index contributed by atoms with van der Waals surface area (Å²) in [7, 11) is 0. The second-order valence-electron chi connectivity index (χ2n) is 6.59. The van der Waals surface area contributed by atoms with Crippen LogP contribution >= 0.6 is 0 Å². The molecule has 0 bridgehead atoms. The molecular weight excluding hydrogens is 326 g/mol. The van der Waals surface area contributed by atoms with Crippen molar-refractivity contribution in [1.82, 2.24) is 19.5 Å². The summed E-state index contributed by atoms with van der Waals surface area (Å²) in [5.41, 5.74) is 1.57. The number of likely N-dealkylation sites (tertiary alicyclic amines) is 1. The van der Waals surface area contributed by atoms with E-state index >= 15 is 0 Å². The Hall–Kier alpha value is -2.91. The highest BCUT2D eigenvalue weighted by molar-refractivity contribution is 5.37. The highest BCUT2D eigenvalue weighted by Gasteiger charge is 2.24. The Bertz CT molecular complexity index is 904. The van der Waals surface area contributed by atoms with Crippen LogP contribution in [0.25, 0.3) is 5.65 Å². The number of ether oxygens (including phenoxy) is 1. The topological polar surface area (TPSA) is 66.5 Å². The molecular formula is C20H21N5O. The van der Waals surface area contributed by atoms with Crippen molar-refractivity contribution in [2.24, 2.45) is 0 Å². The quantitative estimate of drug-likeness (QED) is 0.710. The maximum atomic E-state index is 8.82. The van der Waals surface area contributed by atoms with E-state index in [0.29, 0.717) is 18.1 Å². The van der Waals surface area contributed by atoms with Crippen LogP contribution in [0.15, 0.2) is 48.7 Å². The molecule has 1 aliphatic rings. The number of hydrogen-bond donors (Lipinski definition) is 0. The van der Waals surface area contributed by atoms with Crippen molar-refractivity contribution in [3.05, 3.63) is 60.0 Å². The first-order chi connectivity index (χ1) is 12.8. The first kappa shape index (κ1) is 16.6. The van der Waals surface area contributed by atoms with Crippen molar-refractivity contribution in [3.8, 4) is 11.8 Å². The van der Waals surface area contributed by atoms with E-state index < -0.39 is 0 Å². The third-order valence-corrected chi connectivity index (χ3v) is 4.95. The average Bonchev–Trinajstić information content (AvgIpc) is 3.13. The SMILES string of the molecule is N#Cc1ccc(OCCN2CCC(c3nnc4ccccn34)CC2)cc1. The molecule has 4 rings (SSSR count). The van der Waals surface area contributed by atoms with Gasteiger partial charge in [0.15, 0.2) is 5.65 Å². The summed E-state index contributed by atoms with van der Waals surface area (Å²) in [4.78, 5) is 2.43. The maximum Gasteiger partial charge on any atom is 0.160 e. The zero-order valence-corrected chi connectivity index (χ0v) is 14.6. The lowest BCUT2D eigenvalue weighted by atomic mass is 9.96. The molecule has 3 aromatic rings. The zero-order chi connectivity index (χ0) is 17.8. The molecule has 26 heavy (non-hydrogen) atoms. The minimum absolute atomic E-state index is 0.461. The summed E-state index contributed by atoms with van der Waals surface area (Å²) in [6, 6.07) is 15.4. The smallest absolute Gasteiger partial charge is 0.160 e. The number of fused-ring (bicyclic) bond motifs is 1. The van der Waals surface area contributed by atoms with Crippen LogP contribution < -0.4 is 4.74 Å². The highest BCUT2D eigenvalue weighted by atomic mass is 16.5. The van der Waals surface area contributed by atoms with Gasteiger partial charge >= 0.3 is 0 Å². The van der Waals surface area contributed by atoms with Crippen molar-refractivity contribution in [3.63, 3.8) is 0 Å². The third kappa shape index (κ3) is 3.53. The minimum atomic E-state index is 0.461. The number of pyridine rings is 1. The summed E-state index contributed by atoms with van der Waals surface area (Å²) in [5.74, 6) is 2.35. The van der Waals surface area contributed by atoms with Crippen molar-refractivity contribution < 1.29 is 4.74 Å². The molecule has 2 aromatic heterocycles. The second kappa shape index (κ2) is 7.54.